The van der Waals surface area contributed by atoms with Gasteiger partial charge in [-0.1, -0.05) is 25.1 Å². The summed E-state index contributed by atoms with van der Waals surface area (Å²) in [5.41, 5.74) is 3.55. The normalized spacial score (nSPS) is 19.2. The monoisotopic (exact) mass is 241 g/mol. The minimum absolute atomic E-state index is 0.649. The average molecular weight is 241 g/mol. The first kappa shape index (κ1) is 11.3. The van der Waals surface area contributed by atoms with Crippen LogP contribution in [-0.2, 0) is 0 Å². The predicted molar refractivity (Wildman–Crippen MR) is 77.3 cm³/mol. The Balaban J connectivity index is 2.23. The van der Waals surface area contributed by atoms with E-state index in [0.717, 1.165) is 25.2 Å². The van der Waals surface area contributed by atoms with Gasteiger partial charge in [-0.3, -0.25) is 4.98 Å². The van der Waals surface area contributed by atoms with Crippen LogP contribution in [0.1, 0.15) is 13.8 Å². The molecule has 1 aromatic carbocycles. The Labute approximate surface area is 108 Å². The van der Waals surface area contributed by atoms with E-state index < -0.39 is 0 Å². The van der Waals surface area contributed by atoms with E-state index in [0.29, 0.717) is 5.92 Å². The predicted octanol–water partition coefficient (Wildman–Crippen LogP) is 3.12. The standard InChI is InChI=1S/C15H19N3/c1-3-18-10-11(2)8-16-14-9-17-13-7-5-4-6-12(13)15(14)18/h4-7,9,11,16H,3,8,10H2,1-2H3. The molecular formula is C15H19N3. The quantitative estimate of drug-likeness (QED) is 0.831. The van der Waals surface area contributed by atoms with Gasteiger partial charge in [0.05, 0.1) is 23.1 Å². The second kappa shape index (κ2) is 4.48. The zero-order valence-electron chi connectivity index (χ0n) is 11.0. The Bertz CT molecular complexity index is 565. The lowest BCUT2D eigenvalue weighted by Gasteiger charge is -2.25. The molecule has 94 valence electrons. The van der Waals surface area contributed by atoms with Gasteiger partial charge in [-0.25, -0.2) is 0 Å². The van der Waals surface area contributed by atoms with Crippen LogP contribution >= 0.6 is 0 Å². The lowest BCUT2D eigenvalue weighted by Crippen LogP contribution is -2.28. The lowest BCUT2D eigenvalue weighted by atomic mass is 10.1. The van der Waals surface area contributed by atoms with Crippen molar-refractivity contribution in [1.82, 2.24) is 4.98 Å². The van der Waals surface area contributed by atoms with Gasteiger partial charge in [0.15, 0.2) is 0 Å². The number of nitrogens with zero attached hydrogens (tertiary/aromatic N) is 2. The molecule has 1 aliphatic heterocycles. The average Bonchev–Trinajstić information content (AvgIpc) is 2.58. The van der Waals surface area contributed by atoms with Gasteiger partial charge in [0.2, 0.25) is 0 Å². The first-order chi connectivity index (χ1) is 8.79. The van der Waals surface area contributed by atoms with Crippen LogP contribution < -0.4 is 10.2 Å². The van der Waals surface area contributed by atoms with Gasteiger partial charge < -0.3 is 10.2 Å². The van der Waals surface area contributed by atoms with Crippen molar-refractivity contribution in [3.8, 4) is 0 Å². The molecule has 2 heterocycles. The van der Waals surface area contributed by atoms with Crippen LogP contribution in [0.4, 0.5) is 11.4 Å². The molecule has 0 spiro atoms. The summed E-state index contributed by atoms with van der Waals surface area (Å²) in [6.45, 7) is 7.66. The van der Waals surface area contributed by atoms with E-state index in [2.05, 4.69) is 47.2 Å². The third kappa shape index (κ3) is 1.80. The van der Waals surface area contributed by atoms with Crippen LogP contribution in [-0.4, -0.2) is 24.6 Å². The summed E-state index contributed by atoms with van der Waals surface area (Å²) in [4.78, 5) is 7.00. The SMILES string of the molecule is CCN1CC(C)CNc2cnc3ccccc3c21. The molecule has 0 saturated carbocycles. The number of benzene rings is 1. The van der Waals surface area contributed by atoms with E-state index >= 15 is 0 Å². The van der Waals surface area contributed by atoms with Crippen LogP contribution in [0, 0.1) is 5.92 Å². The van der Waals surface area contributed by atoms with Crippen molar-refractivity contribution in [3.63, 3.8) is 0 Å². The molecule has 0 bridgehead atoms. The summed E-state index contributed by atoms with van der Waals surface area (Å²) >= 11 is 0. The van der Waals surface area contributed by atoms with E-state index in [1.807, 2.05) is 12.3 Å². The van der Waals surface area contributed by atoms with Crippen molar-refractivity contribution in [1.29, 1.82) is 0 Å². The van der Waals surface area contributed by atoms with Gasteiger partial charge in [-0.2, -0.15) is 0 Å². The zero-order valence-corrected chi connectivity index (χ0v) is 11.0. The first-order valence-corrected chi connectivity index (χ1v) is 6.66. The number of rotatable bonds is 1. The van der Waals surface area contributed by atoms with Crippen LogP contribution in [0.3, 0.4) is 0 Å². The first-order valence-electron chi connectivity index (χ1n) is 6.66. The van der Waals surface area contributed by atoms with E-state index in [9.17, 15) is 0 Å². The van der Waals surface area contributed by atoms with Gasteiger partial charge in [0.1, 0.15) is 0 Å². The highest BCUT2D eigenvalue weighted by molar-refractivity contribution is 5.98. The summed E-state index contributed by atoms with van der Waals surface area (Å²) < 4.78 is 0. The molecule has 3 nitrogen and oxygen atoms in total. The lowest BCUT2D eigenvalue weighted by molar-refractivity contribution is 0.603. The number of para-hydroxylation sites is 1. The molecule has 1 N–H and O–H groups in total. The molecule has 1 aliphatic rings. The van der Waals surface area contributed by atoms with Crippen LogP contribution in [0.25, 0.3) is 10.9 Å². The maximum atomic E-state index is 4.54. The second-order valence-corrected chi connectivity index (χ2v) is 5.06. The smallest absolute Gasteiger partial charge is 0.0771 e. The molecule has 0 radical (unpaired) electrons. The Morgan fingerprint density at radius 3 is 3.06 bits per heavy atom. The molecule has 3 rings (SSSR count). The summed E-state index contributed by atoms with van der Waals surface area (Å²) in [6, 6.07) is 8.39. The number of fused-ring (bicyclic) bond motifs is 3. The van der Waals surface area contributed by atoms with E-state index in [1.54, 1.807) is 0 Å². The van der Waals surface area contributed by atoms with E-state index in [4.69, 9.17) is 0 Å². The Morgan fingerprint density at radius 2 is 2.22 bits per heavy atom. The van der Waals surface area contributed by atoms with Crippen molar-refractivity contribution >= 4 is 22.3 Å². The minimum Gasteiger partial charge on any atom is -0.382 e. The molecule has 0 fully saturated rings. The van der Waals surface area contributed by atoms with Crippen molar-refractivity contribution in [2.75, 3.05) is 29.9 Å². The highest BCUT2D eigenvalue weighted by Crippen LogP contribution is 2.35. The topological polar surface area (TPSA) is 28.2 Å². The summed E-state index contributed by atoms with van der Waals surface area (Å²) in [5.74, 6) is 0.649. The summed E-state index contributed by atoms with van der Waals surface area (Å²) in [7, 11) is 0. The molecule has 1 unspecified atom stereocenters. The number of hydrogen-bond donors (Lipinski definition) is 1. The molecule has 2 aromatic rings. The third-order valence-corrected chi connectivity index (χ3v) is 3.62. The van der Waals surface area contributed by atoms with E-state index in [-0.39, 0.29) is 0 Å². The van der Waals surface area contributed by atoms with Gasteiger partial charge in [-0.15, -0.1) is 0 Å². The van der Waals surface area contributed by atoms with Crippen LogP contribution in [0.5, 0.6) is 0 Å². The maximum absolute atomic E-state index is 4.54. The molecule has 3 heteroatoms. The maximum Gasteiger partial charge on any atom is 0.0771 e. The Kier molecular flexibility index (Phi) is 2.82. The Morgan fingerprint density at radius 1 is 1.39 bits per heavy atom. The second-order valence-electron chi connectivity index (χ2n) is 5.06. The van der Waals surface area contributed by atoms with Crippen molar-refractivity contribution < 1.29 is 0 Å². The summed E-state index contributed by atoms with van der Waals surface area (Å²) in [5, 5.41) is 4.78. The molecule has 0 amide bonds. The molecular weight excluding hydrogens is 222 g/mol. The molecule has 0 aliphatic carbocycles. The van der Waals surface area contributed by atoms with E-state index in [1.165, 1.54) is 16.8 Å². The third-order valence-electron chi connectivity index (χ3n) is 3.62. The fourth-order valence-corrected chi connectivity index (χ4v) is 2.70. The number of nitrogens with one attached hydrogen (secondary N) is 1. The van der Waals surface area contributed by atoms with Gasteiger partial charge in [-0.05, 0) is 18.9 Å². The highest BCUT2D eigenvalue weighted by atomic mass is 15.2. The number of anilines is 2. The van der Waals surface area contributed by atoms with Crippen LogP contribution in [0.15, 0.2) is 30.5 Å². The van der Waals surface area contributed by atoms with Gasteiger partial charge in [0, 0.05) is 25.0 Å². The Hall–Kier alpha value is -1.77. The van der Waals surface area contributed by atoms with Gasteiger partial charge >= 0.3 is 0 Å². The van der Waals surface area contributed by atoms with Crippen molar-refractivity contribution in [2.45, 2.75) is 13.8 Å². The molecule has 18 heavy (non-hydrogen) atoms. The minimum atomic E-state index is 0.649. The number of aromatic nitrogens is 1. The number of hydrogen-bond acceptors (Lipinski definition) is 3. The van der Waals surface area contributed by atoms with Gasteiger partial charge in [0.25, 0.3) is 0 Å². The van der Waals surface area contributed by atoms with Crippen molar-refractivity contribution in [2.24, 2.45) is 5.92 Å². The molecule has 1 aromatic heterocycles. The fraction of sp³-hybridized carbons (Fsp3) is 0.400. The highest BCUT2D eigenvalue weighted by Gasteiger charge is 2.20. The van der Waals surface area contributed by atoms with Crippen LogP contribution in [0.2, 0.25) is 0 Å². The fourth-order valence-electron chi connectivity index (χ4n) is 2.70. The molecule has 1 atom stereocenters. The largest absolute Gasteiger partial charge is 0.382 e. The van der Waals surface area contributed by atoms with Crippen molar-refractivity contribution in [3.05, 3.63) is 30.5 Å². The summed E-state index contributed by atoms with van der Waals surface area (Å²) in [6.07, 6.45) is 1.97. The zero-order chi connectivity index (χ0) is 12.5. The number of pyridine rings is 1. The molecule has 0 saturated heterocycles.